The second-order valence-corrected chi connectivity index (χ2v) is 5.78. The molecule has 0 radical (unpaired) electrons. The van der Waals surface area contributed by atoms with Gasteiger partial charge in [-0.05, 0) is 24.7 Å². The molecule has 1 saturated heterocycles. The SMILES string of the molecule is CCC1(C)CCN(C(=O)[C@@H]2C[C@@H]2C(=O)O)CC1. The highest BCUT2D eigenvalue weighted by Gasteiger charge is 2.50. The van der Waals surface area contributed by atoms with Crippen LogP contribution in [0.5, 0.6) is 0 Å². The first-order chi connectivity index (χ1) is 7.97. The van der Waals surface area contributed by atoms with Crippen LogP contribution in [0.4, 0.5) is 0 Å². The van der Waals surface area contributed by atoms with E-state index in [-0.39, 0.29) is 11.8 Å². The molecule has 0 spiro atoms. The fourth-order valence-electron chi connectivity index (χ4n) is 2.60. The lowest BCUT2D eigenvalue weighted by molar-refractivity contribution is -0.142. The molecule has 4 heteroatoms. The molecule has 1 aliphatic carbocycles. The van der Waals surface area contributed by atoms with Crippen LogP contribution in [0.1, 0.15) is 39.5 Å². The van der Waals surface area contributed by atoms with Gasteiger partial charge in [0, 0.05) is 13.1 Å². The van der Waals surface area contributed by atoms with E-state index >= 15 is 0 Å². The number of carbonyl (C=O) groups is 2. The standard InChI is InChI=1S/C13H21NO3/c1-3-13(2)4-6-14(7-5-13)11(15)9-8-10(9)12(16)17/h9-10H,3-8H2,1-2H3,(H,16,17)/t9-,10+/m1/s1. The number of aliphatic carboxylic acids is 1. The van der Waals surface area contributed by atoms with E-state index in [4.69, 9.17) is 5.11 Å². The fraction of sp³-hybridized carbons (Fsp3) is 0.846. The molecule has 0 aromatic rings. The van der Waals surface area contributed by atoms with E-state index in [9.17, 15) is 9.59 Å². The molecule has 1 saturated carbocycles. The van der Waals surface area contributed by atoms with E-state index in [1.54, 1.807) is 0 Å². The predicted octanol–water partition coefficient (Wildman–Crippen LogP) is 1.75. The Morgan fingerprint density at radius 3 is 2.29 bits per heavy atom. The molecule has 0 bridgehead atoms. The van der Waals surface area contributed by atoms with Crippen molar-refractivity contribution >= 4 is 11.9 Å². The molecule has 17 heavy (non-hydrogen) atoms. The minimum atomic E-state index is -0.821. The number of amides is 1. The maximum absolute atomic E-state index is 12.0. The van der Waals surface area contributed by atoms with Crippen molar-refractivity contribution in [1.29, 1.82) is 0 Å². The molecule has 4 nitrogen and oxygen atoms in total. The van der Waals surface area contributed by atoms with Crippen LogP contribution < -0.4 is 0 Å². The Bertz CT molecular complexity index is 332. The molecule has 2 fully saturated rings. The Morgan fingerprint density at radius 2 is 1.88 bits per heavy atom. The summed E-state index contributed by atoms with van der Waals surface area (Å²) in [4.78, 5) is 24.6. The monoisotopic (exact) mass is 239 g/mol. The third kappa shape index (κ3) is 2.45. The molecule has 1 heterocycles. The lowest BCUT2D eigenvalue weighted by Gasteiger charge is -2.39. The van der Waals surface area contributed by atoms with Gasteiger partial charge in [-0.25, -0.2) is 0 Å². The molecule has 0 aromatic carbocycles. The summed E-state index contributed by atoms with van der Waals surface area (Å²) in [5.74, 6) is -1.41. The summed E-state index contributed by atoms with van der Waals surface area (Å²) >= 11 is 0. The molecule has 1 N–H and O–H groups in total. The Morgan fingerprint density at radius 1 is 1.29 bits per heavy atom. The Hall–Kier alpha value is -1.06. The summed E-state index contributed by atoms with van der Waals surface area (Å²) in [5, 5.41) is 8.82. The number of piperidine rings is 1. The van der Waals surface area contributed by atoms with Gasteiger partial charge in [0.2, 0.25) is 5.91 Å². The van der Waals surface area contributed by atoms with Gasteiger partial charge in [-0.15, -0.1) is 0 Å². The van der Waals surface area contributed by atoms with E-state index < -0.39 is 11.9 Å². The van der Waals surface area contributed by atoms with Crippen molar-refractivity contribution in [2.75, 3.05) is 13.1 Å². The summed E-state index contributed by atoms with van der Waals surface area (Å²) in [6.45, 7) is 6.06. The van der Waals surface area contributed by atoms with Gasteiger partial charge in [-0.1, -0.05) is 20.3 Å². The van der Waals surface area contributed by atoms with Crippen LogP contribution in [0.2, 0.25) is 0 Å². The highest BCUT2D eigenvalue weighted by atomic mass is 16.4. The van der Waals surface area contributed by atoms with Crippen LogP contribution >= 0.6 is 0 Å². The summed E-state index contributed by atoms with van der Waals surface area (Å²) in [5.41, 5.74) is 0.368. The second kappa shape index (κ2) is 4.31. The maximum atomic E-state index is 12.0. The molecule has 1 aliphatic heterocycles. The molecular formula is C13H21NO3. The van der Waals surface area contributed by atoms with Gasteiger partial charge in [0.05, 0.1) is 11.8 Å². The second-order valence-electron chi connectivity index (χ2n) is 5.78. The third-order valence-corrected chi connectivity index (χ3v) is 4.56. The molecule has 2 atom stereocenters. The first-order valence-electron chi connectivity index (χ1n) is 6.48. The number of hydrogen-bond acceptors (Lipinski definition) is 2. The van der Waals surface area contributed by atoms with E-state index in [0.717, 1.165) is 32.4 Å². The topological polar surface area (TPSA) is 57.6 Å². The number of hydrogen-bond donors (Lipinski definition) is 1. The van der Waals surface area contributed by atoms with Crippen molar-refractivity contribution in [3.05, 3.63) is 0 Å². The molecule has 96 valence electrons. The van der Waals surface area contributed by atoms with E-state index in [2.05, 4.69) is 13.8 Å². The molecule has 0 unspecified atom stereocenters. The van der Waals surface area contributed by atoms with Gasteiger partial charge < -0.3 is 10.0 Å². The van der Waals surface area contributed by atoms with Gasteiger partial charge in [-0.3, -0.25) is 9.59 Å². The number of likely N-dealkylation sites (tertiary alicyclic amines) is 1. The van der Waals surface area contributed by atoms with Crippen LogP contribution in [-0.2, 0) is 9.59 Å². The third-order valence-electron chi connectivity index (χ3n) is 4.56. The van der Waals surface area contributed by atoms with Crippen LogP contribution in [-0.4, -0.2) is 35.0 Å². The number of nitrogens with zero attached hydrogens (tertiary/aromatic N) is 1. The average molecular weight is 239 g/mol. The highest BCUT2D eigenvalue weighted by molar-refractivity contribution is 5.89. The Labute approximate surface area is 102 Å². The van der Waals surface area contributed by atoms with E-state index in [1.165, 1.54) is 0 Å². The summed E-state index contributed by atoms with van der Waals surface area (Å²) < 4.78 is 0. The van der Waals surface area contributed by atoms with Crippen molar-refractivity contribution in [1.82, 2.24) is 4.90 Å². The Balaban J connectivity index is 1.86. The maximum Gasteiger partial charge on any atom is 0.307 e. The molecular weight excluding hydrogens is 218 g/mol. The highest BCUT2D eigenvalue weighted by Crippen LogP contribution is 2.42. The zero-order valence-electron chi connectivity index (χ0n) is 10.6. The number of rotatable bonds is 3. The number of carboxylic acid groups (broad SMARTS) is 1. The van der Waals surface area contributed by atoms with Crippen LogP contribution in [0, 0.1) is 17.3 Å². The molecule has 2 aliphatic rings. The van der Waals surface area contributed by atoms with E-state index in [1.807, 2.05) is 4.90 Å². The van der Waals surface area contributed by atoms with Crippen LogP contribution in [0.25, 0.3) is 0 Å². The molecule has 1 amide bonds. The minimum Gasteiger partial charge on any atom is -0.481 e. The van der Waals surface area contributed by atoms with Crippen molar-refractivity contribution in [3.63, 3.8) is 0 Å². The normalized spacial score (nSPS) is 31.1. The zero-order valence-corrected chi connectivity index (χ0v) is 10.6. The van der Waals surface area contributed by atoms with Gasteiger partial charge in [-0.2, -0.15) is 0 Å². The van der Waals surface area contributed by atoms with E-state index in [0.29, 0.717) is 11.8 Å². The first-order valence-corrected chi connectivity index (χ1v) is 6.48. The number of carboxylic acids is 1. The van der Waals surface area contributed by atoms with Gasteiger partial charge in [0.25, 0.3) is 0 Å². The van der Waals surface area contributed by atoms with Crippen molar-refractivity contribution in [2.45, 2.75) is 39.5 Å². The average Bonchev–Trinajstić information content (AvgIpc) is 3.09. The zero-order chi connectivity index (χ0) is 12.6. The predicted molar refractivity (Wildman–Crippen MR) is 63.4 cm³/mol. The lowest BCUT2D eigenvalue weighted by Crippen LogP contribution is -2.43. The summed E-state index contributed by atoms with van der Waals surface area (Å²) in [6, 6.07) is 0. The smallest absolute Gasteiger partial charge is 0.307 e. The molecule has 2 rings (SSSR count). The summed E-state index contributed by atoms with van der Waals surface area (Å²) in [7, 11) is 0. The van der Waals surface area contributed by atoms with Gasteiger partial charge in [0.15, 0.2) is 0 Å². The van der Waals surface area contributed by atoms with Crippen molar-refractivity contribution < 1.29 is 14.7 Å². The van der Waals surface area contributed by atoms with Crippen molar-refractivity contribution in [2.24, 2.45) is 17.3 Å². The van der Waals surface area contributed by atoms with Crippen molar-refractivity contribution in [3.8, 4) is 0 Å². The van der Waals surface area contributed by atoms with Crippen LogP contribution in [0.3, 0.4) is 0 Å². The Kier molecular flexibility index (Phi) is 3.15. The summed E-state index contributed by atoms with van der Waals surface area (Å²) in [6.07, 6.45) is 3.77. The minimum absolute atomic E-state index is 0.0653. The molecule has 0 aromatic heterocycles. The van der Waals surface area contributed by atoms with Crippen LogP contribution in [0.15, 0.2) is 0 Å². The quantitative estimate of drug-likeness (QED) is 0.816. The fourth-order valence-corrected chi connectivity index (χ4v) is 2.60. The largest absolute Gasteiger partial charge is 0.481 e. The first kappa shape index (κ1) is 12.4. The lowest BCUT2D eigenvalue weighted by atomic mass is 9.78. The van der Waals surface area contributed by atoms with Gasteiger partial charge >= 0.3 is 5.97 Å². The van der Waals surface area contributed by atoms with Gasteiger partial charge in [0.1, 0.15) is 0 Å². The number of carbonyl (C=O) groups excluding carboxylic acids is 1.